The van der Waals surface area contributed by atoms with E-state index in [1.54, 1.807) is 24.0 Å². The second-order valence-electron chi connectivity index (χ2n) is 6.31. The molecule has 4 rings (SSSR count). The molecular formula is C17H20N6O3S. The van der Waals surface area contributed by atoms with Gasteiger partial charge in [0, 0.05) is 36.9 Å². The molecule has 10 heteroatoms. The van der Waals surface area contributed by atoms with Gasteiger partial charge in [-0.25, -0.2) is 4.98 Å². The Morgan fingerprint density at radius 3 is 3.07 bits per heavy atom. The quantitative estimate of drug-likeness (QED) is 0.672. The van der Waals surface area contributed by atoms with Crippen molar-refractivity contribution in [3.8, 4) is 16.5 Å². The third kappa shape index (κ3) is 4.01. The lowest BCUT2D eigenvalue weighted by Gasteiger charge is -2.21. The molecule has 1 fully saturated rings. The number of carbonyl (C=O) groups excluding carboxylic acids is 1. The fourth-order valence-electron chi connectivity index (χ4n) is 2.99. The fourth-order valence-corrected chi connectivity index (χ4v) is 3.77. The Morgan fingerprint density at radius 2 is 2.33 bits per heavy atom. The van der Waals surface area contributed by atoms with Crippen LogP contribution >= 0.6 is 11.3 Å². The van der Waals surface area contributed by atoms with E-state index in [9.17, 15) is 4.79 Å². The van der Waals surface area contributed by atoms with E-state index in [-0.39, 0.29) is 5.91 Å². The zero-order valence-electron chi connectivity index (χ0n) is 14.8. The first-order valence-corrected chi connectivity index (χ1v) is 9.56. The summed E-state index contributed by atoms with van der Waals surface area (Å²) in [5.41, 5.74) is 1.73. The molecule has 4 heterocycles. The normalized spacial score (nSPS) is 15.0. The van der Waals surface area contributed by atoms with Crippen LogP contribution in [0.4, 0.5) is 5.69 Å². The van der Waals surface area contributed by atoms with Crippen molar-refractivity contribution in [1.82, 2.24) is 25.0 Å². The van der Waals surface area contributed by atoms with Crippen molar-refractivity contribution in [2.24, 2.45) is 5.92 Å². The zero-order valence-corrected chi connectivity index (χ0v) is 15.7. The van der Waals surface area contributed by atoms with E-state index in [0.29, 0.717) is 23.2 Å². The first-order chi connectivity index (χ1) is 13.2. The second kappa shape index (κ2) is 7.89. The topological polar surface area (TPSA) is 107 Å². The lowest BCUT2D eigenvalue weighted by molar-refractivity contribution is 0.0600. The highest BCUT2D eigenvalue weighted by molar-refractivity contribution is 7.13. The van der Waals surface area contributed by atoms with Gasteiger partial charge in [-0.1, -0.05) is 0 Å². The highest BCUT2D eigenvalue weighted by Gasteiger charge is 2.19. The molecule has 1 saturated heterocycles. The maximum Gasteiger partial charge on any atom is 0.275 e. The smallest absolute Gasteiger partial charge is 0.275 e. The average Bonchev–Trinajstić information content (AvgIpc) is 3.43. The van der Waals surface area contributed by atoms with E-state index < -0.39 is 0 Å². The van der Waals surface area contributed by atoms with Crippen molar-refractivity contribution in [2.45, 2.75) is 19.4 Å². The molecule has 1 aliphatic rings. The number of aromatic amines is 1. The molecule has 0 aliphatic carbocycles. The standard InChI is InChI=1S/C17H20N6O3S/c1-25-16-13(9-23(22-16)8-11-2-4-26-5-3-11)20-15(24)14-10-27-17(21-14)12-6-18-19-7-12/h6-7,9-11H,2-5,8H2,1H3,(H,18,19)(H,20,24). The summed E-state index contributed by atoms with van der Waals surface area (Å²) >= 11 is 1.39. The minimum Gasteiger partial charge on any atom is -0.478 e. The van der Waals surface area contributed by atoms with Gasteiger partial charge in [-0.15, -0.1) is 16.4 Å². The molecule has 3 aromatic rings. The number of carbonyl (C=O) groups is 1. The highest BCUT2D eigenvalue weighted by Crippen LogP contribution is 2.26. The van der Waals surface area contributed by atoms with Gasteiger partial charge in [0.05, 0.1) is 19.5 Å². The van der Waals surface area contributed by atoms with E-state index >= 15 is 0 Å². The van der Waals surface area contributed by atoms with Crippen LogP contribution in [0.3, 0.4) is 0 Å². The van der Waals surface area contributed by atoms with Crippen molar-refractivity contribution in [2.75, 3.05) is 25.6 Å². The fraction of sp³-hybridized carbons (Fsp3) is 0.412. The summed E-state index contributed by atoms with van der Waals surface area (Å²) < 4.78 is 12.5. The van der Waals surface area contributed by atoms with Gasteiger partial charge in [0.2, 0.25) is 0 Å². The first kappa shape index (κ1) is 17.7. The number of ether oxygens (including phenoxy) is 2. The number of rotatable bonds is 6. The van der Waals surface area contributed by atoms with Gasteiger partial charge in [0.15, 0.2) is 0 Å². The maximum absolute atomic E-state index is 12.6. The zero-order chi connectivity index (χ0) is 18.6. The van der Waals surface area contributed by atoms with Crippen LogP contribution in [0.15, 0.2) is 24.0 Å². The molecule has 0 atom stereocenters. The molecule has 0 spiro atoms. The Balaban J connectivity index is 1.45. The second-order valence-corrected chi connectivity index (χ2v) is 7.17. The van der Waals surface area contributed by atoms with Gasteiger partial charge in [0.25, 0.3) is 11.8 Å². The molecule has 3 aromatic heterocycles. The van der Waals surface area contributed by atoms with Crippen LogP contribution in [0, 0.1) is 5.92 Å². The third-order valence-corrected chi connectivity index (χ3v) is 5.33. The number of aromatic nitrogens is 5. The summed E-state index contributed by atoms with van der Waals surface area (Å²) in [4.78, 5) is 16.9. The number of hydrogen-bond donors (Lipinski definition) is 2. The number of hydrogen-bond acceptors (Lipinski definition) is 7. The van der Waals surface area contributed by atoms with E-state index in [0.717, 1.165) is 43.2 Å². The van der Waals surface area contributed by atoms with Crippen molar-refractivity contribution < 1.29 is 14.3 Å². The molecule has 0 unspecified atom stereocenters. The molecule has 0 saturated carbocycles. The largest absolute Gasteiger partial charge is 0.478 e. The van der Waals surface area contributed by atoms with Gasteiger partial charge < -0.3 is 14.8 Å². The van der Waals surface area contributed by atoms with Gasteiger partial charge in [0.1, 0.15) is 16.4 Å². The molecule has 1 aliphatic heterocycles. The summed E-state index contributed by atoms with van der Waals surface area (Å²) in [6.07, 6.45) is 7.24. The number of nitrogens with one attached hydrogen (secondary N) is 2. The summed E-state index contributed by atoms with van der Waals surface area (Å²) in [6.45, 7) is 2.35. The van der Waals surface area contributed by atoms with Crippen LogP contribution in [0.1, 0.15) is 23.3 Å². The maximum atomic E-state index is 12.6. The van der Waals surface area contributed by atoms with Gasteiger partial charge in [-0.3, -0.25) is 14.6 Å². The number of methoxy groups -OCH3 is 1. The summed E-state index contributed by atoms with van der Waals surface area (Å²) in [5, 5.41) is 16.4. The molecule has 0 aromatic carbocycles. The van der Waals surface area contributed by atoms with Gasteiger partial charge in [-0.2, -0.15) is 5.10 Å². The van der Waals surface area contributed by atoms with Gasteiger partial charge >= 0.3 is 0 Å². The summed E-state index contributed by atoms with van der Waals surface area (Å²) in [7, 11) is 1.54. The minimum absolute atomic E-state index is 0.301. The van der Waals surface area contributed by atoms with Crippen LogP contribution in [0.25, 0.3) is 10.6 Å². The van der Waals surface area contributed by atoms with Crippen LogP contribution in [-0.4, -0.2) is 51.2 Å². The summed E-state index contributed by atoms with van der Waals surface area (Å²) in [5.74, 6) is 0.605. The Hall–Kier alpha value is -2.72. The van der Waals surface area contributed by atoms with Crippen LogP contribution in [-0.2, 0) is 11.3 Å². The van der Waals surface area contributed by atoms with Crippen LogP contribution in [0.2, 0.25) is 0 Å². The monoisotopic (exact) mass is 388 g/mol. The van der Waals surface area contributed by atoms with Crippen LogP contribution < -0.4 is 10.1 Å². The predicted octanol–water partition coefficient (Wildman–Crippen LogP) is 2.42. The van der Waals surface area contributed by atoms with E-state index in [2.05, 4.69) is 25.6 Å². The Morgan fingerprint density at radius 1 is 1.48 bits per heavy atom. The Bertz CT molecular complexity index is 898. The minimum atomic E-state index is -0.301. The number of nitrogens with zero attached hydrogens (tertiary/aromatic N) is 4. The number of anilines is 1. The molecular weight excluding hydrogens is 368 g/mol. The van der Waals surface area contributed by atoms with E-state index in [4.69, 9.17) is 9.47 Å². The predicted molar refractivity (Wildman–Crippen MR) is 100.0 cm³/mol. The molecule has 0 bridgehead atoms. The lowest BCUT2D eigenvalue weighted by Crippen LogP contribution is -2.20. The van der Waals surface area contributed by atoms with Crippen LogP contribution in [0.5, 0.6) is 5.88 Å². The molecule has 9 nitrogen and oxygen atoms in total. The number of H-pyrrole nitrogens is 1. The van der Waals surface area contributed by atoms with E-state index in [1.165, 1.54) is 18.4 Å². The van der Waals surface area contributed by atoms with Gasteiger partial charge in [-0.05, 0) is 18.8 Å². The average molecular weight is 388 g/mol. The lowest BCUT2D eigenvalue weighted by atomic mass is 10.0. The van der Waals surface area contributed by atoms with Crippen molar-refractivity contribution in [3.05, 3.63) is 29.7 Å². The number of thiazole rings is 1. The molecule has 0 radical (unpaired) electrons. The molecule has 1 amide bonds. The Kier molecular flexibility index (Phi) is 5.16. The highest BCUT2D eigenvalue weighted by atomic mass is 32.1. The van der Waals surface area contributed by atoms with Crippen molar-refractivity contribution in [1.29, 1.82) is 0 Å². The SMILES string of the molecule is COc1nn(CC2CCOCC2)cc1NC(=O)c1csc(-c2cn[nH]c2)n1. The molecule has 142 valence electrons. The van der Waals surface area contributed by atoms with Crippen molar-refractivity contribution >= 4 is 22.9 Å². The summed E-state index contributed by atoms with van der Waals surface area (Å²) in [6, 6.07) is 0. The number of amides is 1. The molecule has 27 heavy (non-hydrogen) atoms. The first-order valence-electron chi connectivity index (χ1n) is 8.68. The Labute approximate surface area is 159 Å². The van der Waals surface area contributed by atoms with Crippen molar-refractivity contribution in [3.63, 3.8) is 0 Å². The third-order valence-electron chi connectivity index (χ3n) is 4.44. The molecule has 2 N–H and O–H groups in total. The van der Waals surface area contributed by atoms with E-state index in [1.807, 2.05) is 4.68 Å².